The molecule has 174 valence electrons. The van der Waals surface area contributed by atoms with Crippen LogP contribution in [0.1, 0.15) is 27.4 Å². The monoisotopic (exact) mass is 459 g/mol. The molecule has 1 N–H and O–H groups in total. The van der Waals surface area contributed by atoms with E-state index in [4.69, 9.17) is 4.74 Å². The van der Waals surface area contributed by atoms with Gasteiger partial charge in [0, 0.05) is 7.05 Å². The van der Waals surface area contributed by atoms with E-state index in [9.17, 15) is 14.4 Å². The lowest BCUT2D eigenvalue weighted by Gasteiger charge is -2.07. The van der Waals surface area contributed by atoms with Crippen molar-refractivity contribution in [2.24, 2.45) is 7.05 Å². The lowest BCUT2D eigenvalue weighted by Crippen LogP contribution is -2.26. The average molecular weight is 460 g/mol. The normalized spacial score (nSPS) is 10.8. The number of carbonyl (C=O) groups is 2. The first kappa shape index (κ1) is 22.8. The summed E-state index contributed by atoms with van der Waals surface area (Å²) in [7, 11) is 1.73. The number of amides is 1. The topological polar surface area (TPSA) is 100 Å². The molecular weight excluding hydrogens is 434 g/mol. The predicted octanol–water partition coefficient (Wildman–Crippen LogP) is 3.08. The number of aromatic nitrogens is 4. The molecule has 9 nitrogen and oxygen atoms in total. The summed E-state index contributed by atoms with van der Waals surface area (Å²) in [6.07, 6.45) is 0. The number of esters is 1. The molecule has 2 aromatic heterocycles. The van der Waals surface area contributed by atoms with Crippen molar-refractivity contribution >= 4 is 17.6 Å². The zero-order chi connectivity index (χ0) is 24.4. The molecular formula is C25H25N5O4. The number of para-hydroxylation sites is 2. The Balaban J connectivity index is 1.48. The van der Waals surface area contributed by atoms with E-state index < -0.39 is 18.5 Å². The summed E-state index contributed by atoms with van der Waals surface area (Å²) in [6, 6.07) is 18.5. The Kier molecular flexibility index (Phi) is 6.18. The zero-order valence-corrected chi connectivity index (χ0v) is 19.4. The minimum absolute atomic E-state index is 0.136. The molecule has 0 saturated heterocycles. The Labute approximate surface area is 196 Å². The fourth-order valence-corrected chi connectivity index (χ4v) is 3.85. The first-order chi connectivity index (χ1) is 16.3. The zero-order valence-electron chi connectivity index (χ0n) is 19.4. The van der Waals surface area contributed by atoms with E-state index in [-0.39, 0.29) is 11.2 Å². The van der Waals surface area contributed by atoms with Crippen molar-refractivity contribution in [1.82, 2.24) is 19.1 Å². The van der Waals surface area contributed by atoms with Crippen molar-refractivity contribution in [2.75, 3.05) is 11.9 Å². The minimum atomic E-state index is -0.654. The number of aryl methyl sites for hydroxylation is 1. The summed E-state index contributed by atoms with van der Waals surface area (Å²) in [5.74, 6) is -1.26. The Morgan fingerprint density at radius 1 is 0.912 bits per heavy atom. The van der Waals surface area contributed by atoms with Gasteiger partial charge in [-0.25, -0.2) is 14.2 Å². The highest BCUT2D eigenvalue weighted by Gasteiger charge is 2.23. The van der Waals surface area contributed by atoms with Gasteiger partial charge < -0.3 is 10.1 Å². The van der Waals surface area contributed by atoms with Crippen LogP contribution in [0.15, 0.2) is 65.5 Å². The summed E-state index contributed by atoms with van der Waals surface area (Å²) < 4.78 is 10.0. The summed E-state index contributed by atoms with van der Waals surface area (Å²) >= 11 is 0. The lowest BCUT2D eigenvalue weighted by atomic mass is 10.2. The molecule has 0 aliphatic rings. The van der Waals surface area contributed by atoms with E-state index >= 15 is 0 Å². The number of nitrogens with one attached hydrogen (secondary N) is 1. The quantitative estimate of drug-likeness (QED) is 0.447. The number of carbonyl (C=O) groups excluding carboxylic acids is 2. The average Bonchev–Trinajstić information content (AvgIpc) is 3.25. The summed E-state index contributed by atoms with van der Waals surface area (Å²) in [5.41, 5.74) is 3.23. The third-order valence-corrected chi connectivity index (χ3v) is 5.65. The van der Waals surface area contributed by atoms with Gasteiger partial charge in [-0.05, 0) is 45.0 Å². The smallest absolute Gasteiger partial charge is 0.342 e. The third-order valence-electron chi connectivity index (χ3n) is 5.65. The van der Waals surface area contributed by atoms with Crippen molar-refractivity contribution < 1.29 is 14.3 Å². The second-order valence-corrected chi connectivity index (χ2v) is 7.85. The molecule has 4 aromatic rings. The molecule has 0 unspecified atom stereocenters. The molecule has 34 heavy (non-hydrogen) atoms. The number of hydrogen-bond donors (Lipinski definition) is 1. The van der Waals surface area contributed by atoms with Crippen LogP contribution in [0.4, 0.5) is 5.69 Å². The van der Waals surface area contributed by atoms with Crippen LogP contribution in [0.2, 0.25) is 0 Å². The molecule has 0 saturated carbocycles. The van der Waals surface area contributed by atoms with Gasteiger partial charge in [0.1, 0.15) is 11.3 Å². The fourth-order valence-electron chi connectivity index (χ4n) is 3.85. The molecule has 0 spiro atoms. The third kappa shape index (κ3) is 4.15. The summed E-state index contributed by atoms with van der Waals surface area (Å²) in [4.78, 5) is 38.2. The number of rotatable bonds is 6. The van der Waals surface area contributed by atoms with Crippen LogP contribution in [0, 0.1) is 20.8 Å². The van der Waals surface area contributed by atoms with Crippen molar-refractivity contribution in [3.8, 4) is 11.4 Å². The molecule has 0 bridgehead atoms. The maximum absolute atomic E-state index is 12.9. The molecule has 0 aliphatic heterocycles. The van der Waals surface area contributed by atoms with Crippen LogP contribution < -0.4 is 10.9 Å². The van der Waals surface area contributed by atoms with Gasteiger partial charge in [0.2, 0.25) is 0 Å². The Morgan fingerprint density at radius 2 is 1.50 bits per heavy atom. The second-order valence-electron chi connectivity index (χ2n) is 7.85. The summed E-state index contributed by atoms with van der Waals surface area (Å²) in [6.45, 7) is 4.67. The first-order valence-electron chi connectivity index (χ1n) is 10.7. The minimum Gasteiger partial charge on any atom is -0.452 e. The second kappa shape index (κ2) is 9.22. The van der Waals surface area contributed by atoms with Gasteiger partial charge >= 0.3 is 5.97 Å². The molecule has 2 heterocycles. The maximum atomic E-state index is 12.9. The molecule has 9 heteroatoms. The molecule has 0 radical (unpaired) electrons. The maximum Gasteiger partial charge on any atom is 0.342 e. The summed E-state index contributed by atoms with van der Waals surface area (Å²) in [5, 5.41) is 7.01. The van der Waals surface area contributed by atoms with Gasteiger partial charge in [-0.3, -0.25) is 14.3 Å². The van der Waals surface area contributed by atoms with E-state index in [2.05, 4.69) is 10.4 Å². The molecule has 2 aromatic carbocycles. The van der Waals surface area contributed by atoms with Gasteiger partial charge in [-0.1, -0.05) is 36.4 Å². The standard InChI is InChI=1S/C25H25N5O4/c1-16-22(17(2)29(27-16)19-11-7-5-8-12-19)25(33)34-15-21(31)26-23-18(3)28(4)30(24(23)32)20-13-9-6-10-14-20/h5-14H,15H2,1-4H3,(H,26,31). The van der Waals surface area contributed by atoms with Gasteiger partial charge in [0.15, 0.2) is 6.61 Å². The van der Waals surface area contributed by atoms with E-state index in [0.29, 0.717) is 28.3 Å². The van der Waals surface area contributed by atoms with Crippen LogP contribution in [0.5, 0.6) is 0 Å². The van der Waals surface area contributed by atoms with Crippen LogP contribution in [0.3, 0.4) is 0 Å². The Bertz CT molecular complexity index is 1420. The number of anilines is 1. The highest BCUT2D eigenvalue weighted by molar-refractivity contribution is 5.96. The van der Waals surface area contributed by atoms with Crippen molar-refractivity contribution in [1.29, 1.82) is 0 Å². The number of hydrogen-bond acceptors (Lipinski definition) is 5. The van der Waals surface area contributed by atoms with E-state index in [1.54, 1.807) is 49.3 Å². The Morgan fingerprint density at radius 3 is 2.12 bits per heavy atom. The van der Waals surface area contributed by atoms with Gasteiger partial charge in [0.05, 0.1) is 28.5 Å². The number of benzene rings is 2. The predicted molar refractivity (Wildman–Crippen MR) is 128 cm³/mol. The Hall–Kier alpha value is -4.40. The molecule has 4 rings (SSSR count). The first-order valence-corrected chi connectivity index (χ1v) is 10.7. The highest BCUT2D eigenvalue weighted by Crippen LogP contribution is 2.19. The van der Waals surface area contributed by atoms with Crippen LogP contribution in [0.25, 0.3) is 11.4 Å². The van der Waals surface area contributed by atoms with E-state index in [0.717, 1.165) is 5.69 Å². The van der Waals surface area contributed by atoms with Gasteiger partial charge in [-0.15, -0.1) is 0 Å². The van der Waals surface area contributed by atoms with Gasteiger partial charge in [0.25, 0.3) is 11.5 Å². The van der Waals surface area contributed by atoms with Crippen molar-refractivity contribution in [2.45, 2.75) is 20.8 Å². The lowest BCUT2D eigenvalue weighted by molar-refractivity contribution is -0.119. The van der Waals surface area contributed by atoms with E-state index in [1.807, 2.05) is 48.5 Å². The molecule has 0 atom stereocenters. The molecule has 0 aliphatic carbocycles. The van der Waals surface area contributed by atoms with Crippen molar-refractivity contribution in [3.63, 3.8) is 0 Å². The van der Waals surface area contributed by atoms with Crippen LogP contribution in [-0.2, 0) is 16.6 Å². The number of ether oxygens (including phenoxy) is 1. The number of nitrogens with zero attached hydrogens (tertiary/aromatic N) is 4. The largest absolute Gasteiger partial charge is 0.452 e. The van der Waals surface area contributed by atoms with Crippen LogP contribution in [-0.4, -0.2) is 37.6 Å². The fraction of sp³-hybridized carbons (Fsp3) is 0.200. The van der Waals surface area contributed by atoms with E-state index in [1.165, 1.54) is 4.68 Å². The highest BCUT2D eigenvalue weighted by atomic mass is 16.5. The molecule has 1 amide bonds. The van der Waals surface area contributed by atoms with Crippen molar-refractivity contribution in [3.05, 3.63) is 93.7 Å². The molecule has 0 fully saturated rings. The SMILES string of the molecule is Cc1nn(-c2ccccc2)c(C)c1C(=O)OCC(=O)Nc1c(C)n(C)n(-c2ccccc2)c1=O. The van der Waals surface area contributed by atoms with Gasteiger partial charge in [-0.2, -0.15) is 5.10 Å². The van der Waals surface area contributed by atoms with Crippen LogP contribution >= 0.6 is 0 Å².